The first-order valence-electron chi connectivity index (χ1n) is 6.15. The monoisotopic (exact) mass is 302 g/mol. The summed E-state index contributed by atoms with van der Waals surface area (Å²) in [4.78, 5) is 12.1. The highest BCUT2D eigenvalue weighted by atomic mass is 32.2. The molecule has 1 aliphatic rings. The van der Waals surface area contributed by atoms with Crippen molar-refractivity contribution in [1.29, 1.82) is 0 Å². The van der Waals surface area contributed by atoms with Crippen molar-refractivity contribution in [3.63, 3.8) is 0 Å². The molecule has 0 bridgehead atoms. The number of sulfonamides is 1. The van der Waals surface area contributed by atoms with Gasteiger partial charge in [-0.3, -0.25) is 4.79 Å². The minimum absolute atomic E-state index is 0.0932. The third kappa shape index (κ3) is 2.98. The lowest BCUT2D eigenvalue weighted by Gasteiger charge is -2.19. The minimum Gasteiger partial charge on any atom is -0.351 e. The first-order valence-corrected chi connectivity index (χ1v) is 8.57. The Labute approximate surface area is 117 Å². The van der Waals surface area contributed by atoms with E-state index in [0.717, 1.165) is 24.2 Å². The van der Waals surface area contributed by atoms with Crippen LogP contribution in [-0.2, 0) is 10.0 Å². The van der Waals surface area contributed by atoms with Gasteiger partial charge in [0.2, 0.25) is 10.0 Å². The maximum absolute atomic E-state index is 12.0. The van der Waals surface area contributed by atoms with Crippen molar-refractivity contribution < 1.29 is 13.2 Å². The van der Waals surface area contributed by atoms with Crippen LogP contribution in [0.4, 0.5) is 0 Å². The van der Waals surface area contributed by atoms with E-state index in [1.807, 2.05) is 0 Å². The number of primary sulfonamides is 1. The summed E-state index contributed by atoms with van der Waals surface area (Å²) in [5.74, 6) is 0.153. The molecule has 1 fully saturated rings. The quantitative estimate of drug-likeness (QED) is 0.865. The summed E-state index contributed by atoms with van der Waals surface area (Å²) in [5, 5.41) is 9.47. The highest BCUT2D eigenvalue weighted by Gasteiger charge is 2.45. The summed E-state index contributed by atoms with van der Waals surface area (Å²) in [6.07, 6.45) is 2.22. The first-order chi connectivity index (χ1) is 8.76. The van der Waals surface area contributed by atoms with Crippen LogP contribution in [0.2, 0.25) is 0 Å². The van der Waals surface area contributed by atoms with E-state index in [-0.39, 0.29) is 21.1 Å². The van der Waals surface area contributed by atoms with Crippen molar-refractivity contribution in [2.75, 3.05) is 6.54 Å². The fourth-order valence-corrected chi connectivity index (χ4v) is 4.03. The molecule has 2 rings (SSSR count). The van der Waals surface area contributed by atoms with Crippen LogP contribution in [0.1, 0.15) is 36.4 Å². The van der Waals surface area contributed by atoms with Gasteiger partial charge in [-0.2, -0.15) is 0 Å². The summed E-state index contributed by atoms with van der Waals surface area (Å²) in [7, 11) is -3.84. The van der Waals surface area contributed by atoms with Gasteiger partial charge in [-0.1, -0.05) is 13.8 Å². The molecule has 1 aliphatic carbocycles. The average Bonchev–Trinajstić information content (AvgIpc) is 2.92. The Hall–Kier alpha value is -0.920. The minimum atomic E-state index is -3.84. The smallest absolute Gasteiger partial charge is 0.262 e. The molecule has 0 aromatic carbocycles. The molecule has 1 heterocycles. The van der Waals surface area contributed by atoms with E-state index < -0.39 is 10.0 Å². The Kier molecular flexibility index (Phi) is 3.72. The Morgan fingerprint density at radius 3 is 2.63 bits per heavy atom. The van der Waals surface area contributed by atoms with Gasteiger partial charge in [0, 0.05) is 6.54 Å². The Balaban J connectivity index is 2.08. The van der Waals surface area contributed by atoms with Crippen molar-refractivity contribution in [2.24, 2.45) is 16.5 Å². The molecule has 19 heavy (non-hydrogen) atoms. The molecule has 0 saturated heterocycles. The third-order valence-corrected chi connectivity index (χ3v) is 5.86. The fraction of sp³-hybridized carbons (Fsp3) is 0.583. The summed E-state index contributed by atoms with van der Waals surface area (Å²) in [6.45, 7) is 4.87. The van der Waals surface area contributed by atoms with Crippen molar-refractivity contribution in [1.82, 2.24) is 5.32 Å². The van der Waals surface area contributed by atoms with Crippen LogP contribution in [0.25, 0.3) is 0 Å². The van der Waals surface area contributed by atoms with Gasteiger partial charge in [0.1, 0.15) is 9.77 Å². The van der Waals surface area contributed by atoms with E-state index in [2.05, 4.69) is 19.2 Å². The molecule has 1 aromatic rings. The maximum Gasteiger partial charge on any atom is 0.262 e. The van der Waals surface area contributed by atoms with Gasteiger partial charge in [0.05, 0.1) is 0 Å². The van der Waals surface area contributed by atoms with Crippen LogP contribution < -0.4 is 10.5 Å². The molecule has 7 heteroatoms. The zero-order chi connectivity index (χ0) is 14.3. The number of thiophene rings is 1. The molecular formula is C12H18N2O3S2. The van der Waals surface area contributed by atoms with Crippen molar-refractivity contribution in [3.05, 3.63) is 16.3 Å². The summed E-state index contributed by atoms with van der Waals surface area (Å²) >= 11 is 1.09. The second-order valence-electron chi connectivity index (χ2n) is 5.36. The number of nitrogens with one attached hydrogen (secondary N) is 1. The number of carbonyl (C=O) groups is 1. The normalized spacial score (nSPS) is 17.5. The van der Waals surface area contributed by atoms with Crippen LogP contribution in [0.15, 0.2) is 16.3 Å². The topological polar surface area (TPSA) is 89.3 Å². The predicted octanol–water partition coefficient (Wildman–Crippen LogP) is 1.56. The summed E-state index contributed by atoms with van der Waals surface area (Å²) in [6, 6.07) is 1.37. The first kappa shape index (κ1) is 14.5. The van der Waals surface area contributed by atoms with E-state index in [4.69, 9.17) is 5.14 Å². The highest BCUT2D eigenvalue weighted by molar-refractivity contribution is 7.89. The zero-order valence-corrected chi connectivity index (χ0v) is 12.6. The molecule has 3 N–H and O–H groups in total. The SMILES string of the molecule is CC(C)C1(CNC(=O)c2sccc2S(N)(=O)=O)CC1. The Morgan fingerprint density at radius 1 is 1.53 bits per heavy atom. The van der Waals surface area contributed by atoms with E-state index >= 15 is 0 Å². The fourth-order valence-electron chi connectivity index (χ4n) is 2.14. The lowest BCUT2D eigenvalue weighted by Crippen LogP contribution is -2.33. The number of rotatable bonds is 5. The van der Waals surface area contributed by atoms with Crippen molar-refractivity contribution >= 4 is 27.3 Å². The number of nitrogens with two attached hydrogens (primary N) is 1. The molecular weight excluding hydrogens is 284 g/mol. The van der Waals surface area contributed by atoms with E-state index in [0.29, 0.717) is 12.5 Å². The van der Waals surface area contributed by atoms with Crippen molar-refractivity contribution in [2.45, 2.75) is 31.6 Å². The van der Waals surface area contributed by atoms with Gasteiger partial charge in [0.25, 0.3) is 5.91 Å². The van der Waals surface area contributed by atoms with E-state index in [1.54, 1.807) is 5.38 Å². The summed E-state index contributed by atoms with van der Waals surface area (Å²) < 4.78 is 22.7. The van der Waals surface area contributed by atoms with Crippen LogP contribution in [0.3, 0.4) is 0 Å². The van der Waals surface area contributed by atoms with Gasteiger partial charge in [-0.05, 0) is 35.6 Å². The molecule has 0 radical (unpaired) electrons. The molecule has 0 unspecified atom stereocenters. The molecule has 1 aromatic heterocycles. The molecule has 1 saturated carbocycles. The second kappa shape index (κ2) is 4.88. The molecule has 0 spiro atoms. The lowest BCUT2D eigenvalue weighted by molar-refractivity contribution is 0.0941. The lowest BCUT2D eigenvalue weighted by atomic mass is 9.92. The number of hydrogen-bond acceptors (Lipinski definition) is 4. The van der Waals surface area contributed by atoms with Crippen LogP contribution in [0, 0.1) is 11.3 Å². The number of hydrogen-bond donors (Lipinski definition) is 2. The third-order valence-electron chi connectivity index (χ3n) is 3.86. The summed E-state index contributed by atoms with van der Waals surface area (Å²) in [5.41, 5.74) is 0.189. The molecule has 0 atom stereocenters. The van der Waals surface area contributed by atoms with Gasteiger partial charge in [-0.25, -0.2) is 13.6 Å². The van der Waals surface area contributed by atoms with E-state index in [9.17, 15) is 13.2 Å². The average molecular weight is 302 g/mol. The molecule has 5 nitrogen and oxygen atoms in total. The number of carbonyl (C=O) groups excluding carboxylic acids is 1. The molecule has 1 amide bonds. The highest BCUT2D eigenvalue weighted by Crippen LogP contribution is 2.51. The van der Waals surface area contributed by atoms with Gasteiger partial charge < -0.3 is 5.32 Å². The van der Waals surface area contributed by atoms with Crippen molar-refractivity contribution in [3.8, 4) is 0 Å². The second-order valence-corrected chi connectivity index (χ2v) is 7.80. The Bertz CT molecular complexity index is 586. The van der Waals surface area contributed by atoms with Crippen LogP contribution in [0.5, 0.6) is 0 Å². The van der Waals surface area contributed by atoms with Gasteiger partial charge in [-0.15, -0.1) is 11.3 Å². The van der Waals surface area contributed by atoms with Gasteiger partial charge in [0.15, 0.2) is 0 Å². The number of amides is 1. The predicted molar refractivity (Wildman–Crippen MR) is 74.5 cm³/mol. The zero-order valence-electron chi connectivity index (χ0n) is 11.0. The van der Waals surface area contributed by atoms with Crippen LogP contribution in [-0.4, -0.2) is 20.9 Å². The van der Waals surface area contributed by atoms with E-state index in [1.165, 1.54) is 6.07 Å². The standard InChI is InChI=1S/C12H18N2O3S2/c1-8(2)12(4-5-12)7-14-11(15)10-9(3-6-18-10)19(13,16)17/h3,6,8H,4-5,7H2,1-2H3,(H,14,15)(H2,13,16,17). The largest absolute Gasteiger partial charge is 0.351 e. The van der Waals surface area contributed by atoms with Crippen LogP contribution >= 0.6 is 11.3 Å². The maximum atomic E-state index is 12.0. The molecule has 0 aliphatic heterocycles. The Morgan fingerprint density at radius 2 is 2.16 bits per heavy atom. The van der Waals surface area contributed by atoms with Gasteiger partial charge >= 0.3 is 0 Å². The molecule has 106 valence electrons.